The van der Waals surface area contributed by atoms with Gasteiger partial charge in [0.2, 0.25) is 0 Å². The van der Waals surface area contributed by atoms with Crippen LogP contribution in [0.4, 0.5) is 0 Å². The fourth-order valence-corrected chi connectivity index (χ4v) is 1.90. The molecule has 0 saturated carbocycles. The summed E-state index contributed by atoms with van der Waals surface area (Å²) in [6.45, 7) is 4.33. The molecule has 1 heteroatoms. The molecule has 0 heterocycles. The van der Waals surface area contributed by atoms with E-state index in [0.29, 0.717) is 5.92 Å². The van der Waals surface area contributed by atoms with Crippen LogP contribution in [0, 0.1) is 27.9 Å². The van der Waals surface area contributed by atoms with Crippen LogP contribution in [0.1, 0.15) is 29.5 Å². The van der Waals surface area contributed by atoms with Crippen molar-refractivity contribution in [3.8, 4) is 0 Å². The fourth-order valence-electron chi connectivity index (χ4n) is 1.90. The van der Waals surface area contributed by atoms with E-state index in [-0.39, 0.29) is 41.1 Å². The maximum atomic E-state index is 3.30. The Hall–Kier alpha value is -0.807. The Bertz CT molecular complexity index is 449. The summed E-state index contributed by atoms with van der Waals surface area (Å²) < 4.78 is 0. The van der Waals surface area contributed by atoms with Gasteiger partial charge in [-0.25, -0.2) is 18.2 Å². The van der Waals surface area contributed by atoms with Crippen LogP contribution in [0.25, 0.3) is 6.08 Å². The number of fused-ring (bicyclic) bond motifs is 1. The van der Waals surface area contributed by atoms with E-state index in [1.165, 1.54) is 16.7 Å². The van der Waals surface area contributed by atoms with Crippen molar-refractivity contribution in [3.05, 3.63) is 86.2 Å². The third kappa shape index (κ3) is 5.37. The minimum Gasteiger partial charge on any atom is -0.358 e. The quantitative estimate of drug-likeness (QED) is 0.580. The SMILES string of the molecule is Cc1cccc2c1C=[C-]C2C.[CH3-].[CH3-].[Zr+4].c1cc[cH-]c1. The molecule has 1 unspecified atom stereocenters. The molecule has 1 aliphatic carbocycles. The monoisotopic (exact) mass is 328 g/mol. The predicted octanol–water partition coefficient (Wildman–Crippen LogP) is 5.23. The molecule has 0 aromatic heterocycles. The molecular weight excluding hydrogens is 307 g/mol. The van der Waals surface area contributed by atoms with Gasteiger partial charge >= 0.3 is 26.2 Å². The molecule has 0 spiro atoms. The van der Waals surface area contributed by atoms with Crippen LogP contribution in [0.15, 0.2) is 48.5 Å². The summed E-state index contributed by atoms with van der Waals surface area (Å²) in [4.78, 5) is 0. The van der Waals surface area contributed by atoms with Gasteiger partial charge in [-0.2, -0.15) is 23.8 Å². The van der Waals surface area contributed by atoms with Crippen molar-refractivity contribution >= 4 is 6.08 Å². The molecule has 3 rings (SSSR count). The van der Waals surface area contributed by atoms with Crippen LogP contribution < -0.4 is 0 Å². The van der Waals surface area contributed by atoms with Crippen molar-refractivity contribution in [1.82, 2.24) is 0 Å². The summed E-state index contributed by atoms with van der Waals surface area (Å²) in [6.07, 6.45) is 5.41. The van der Waals surface area contributed by atoms with Crippen LogP contribution >= 0.6 is 0 Å². The largest absolute Gasteiger partial charge is 4.00 e. The van der Waals surface area contributed by atoms with Gasteiger partial charge in [0.05, 0.1) is 0 Å². The van der Waals surface area contributed by atoms with Gasteiger partial charge in [-0.3, -0.25) is 6.08 Å². The number of benzene rings is 1. The van der Waals surface area contributed by atoms with E-state index in [4.69, 9.17) is 0 Å². The van der Waals surface area contributed by atoms with Gasteiger partial charge in [-0.1, -0.05) is 38.0 Å². The van der Waals surface area contributed by atoms with Crippen LogP contribution in [-0.4, -0.2) is 0 Å². The Morgan fingerprint density at radius 1 is 1.05 bits per heavy atom. The average molecular weight is 330 g/mol. The van der Waals surface area contributed by atoms with E-state index >= 15 is 0 Å². The number of aryl methyl sites for hydroxylation is 1. The number of rotatable bonds is 0. The molecule has 0 saturated heterocycles. The van der Waals surface area contributed by atoms with Crippen molar-refractivity contribution in [2.45, 2.75) is 19.8 Å². The summed E-state index contributed by atoms with van der Waals surface area (Å²) in [5.74, 6) is 0.491. The first kappa shape index (κ1) is 20.5. The fraction of sp³-hybridized carbons (Fsp3) is 0.167. The Morgan fingerprint density at radius 3 is 2.16 bits per heavy atom. The molecular formula is C18H22Zr. The first-order chi connectivity index (χ1) is 7.79. The van der Waals surface area contributed by atoms with Crippen LogP contribution in [0.5, 0.6) is 0 Å². The Kier molecular flexibility index (Phi) is 10.8. The first-order valence-electron chi connectivity index (χ1n) is 5.64. The third-order valence-electron chi connectivity index (χ3n) is 2.86. The van der Waals surface area contributed by atoms with Gasteiger partial charge in [0.15, 0.2) is 0 Å². The van der Waals surface area contributed by atoms with E-state index < -0.39 is 0 Å². The van der Waals surface area contributed by atoms with Crippen molar-refractivity contribution in [1.29, 1.82) is 0 Å². The van der Waals surface area contributed by atoms with Gasteiger partial charge in [0, 0.05) is 0 Å². The molecule has 0 N–H and O–H groups in total. The summed E-state index contributed by atoms with van der Waals surface area (Å²) in [5.41, 5.74) is 4.16. The minimum absolute atomic E-state index is 0. The first-order valence-corrected chi connectivity index (χ1v) is 5.64. The van der Waals surface area contributed by atoms with E-state index in [1.54, 1.807) is 0 Å². The van der Waals surface area contributed by atoms with Gasteiger partial charge in [-0.05, 0) is 0 Å². The zero-order chi connectivity index (χ0) is 11.4. The number of hydrogen-bond donors (Lipinski definition) is 0. The molecule has 0 radical (unpaired) electrons. The van der Waals surface area contributed by atoms with Gasteiger partial charge in [0.25, 0.3) is 0 Å². The zero-order valence-corrected chi connectivity index (χ0v) is 14.7. The maximum Gasteiger partial charge on any atom is 4.00 e. The Labute approximate surface area is 138 Å². The van der Waals surface area contributed by atoms with E-state index in [2.05, 4.69) is 44.2 Å². The van der Waals surface area contributed by atoms with Gasteiger partial charge in [-0.15, -0.1) is 11.1 Å². The van der Waals surface area contributed by atoms with Crippen LogP contribution in [0.2, 0.25) is 0 Å². The summed E-state index contributed by atoms with van der Waals surface area (Å²) in [6, 6.07) is 16.4. The molecule has 0 nitrogen and oxygen atoms in total. The second-order valence-corrected chi connectivity index (χ2v) is 4.07. The molecule has 98 valence electrons. The van der Waals surface area contributed by atoms with Crippen molar-refractivity contribution in [2.75, 3.05) is 0 Å². The van der Waals surface area contributed by atoms with Gasteiger partial charge in [0.1, 0.15) is 0 Å². The molecule has 0 aliphatic heterocycles. The predicted molar refractivity (Wildman–Crippen MR) is 82.2 cm³/mol. The molecule has 2 aromatic carbocycles. The molecule has 0 amide bonds. The number of hydrogen-bond acceptors (Lipinski definition) is 0. The summed E-state index contributed by atoms with van der Waals surface area (Å²) in [7, 11) is 0. The molecule has 1 atom stereocenters. The zero-order valence-electron chi connectivity index (χ0n) is 12.3. The molecule has 2 aromatic rings. The smallest absolute Gasteiger partial charge is 0.358 e. The normalized spacial score (nSPS) is 13.9. The second kappa shape index (κ2) is 10.0. The Morgan fingerprint density at radius 2 is 1.68 bits per heavy atom. The summed E-state index contributed by atoms with van der Waals surface area (Å²) >= 11 is 0. The van der Waals surface area contributed by atoms with Crippen molar-refractivity contribution in [2.24, 2.45) is 0 Å². The molecule has 1 aliphatic rings. The van der Waals surface area contributed by atoms with Crippen LogP contribution in [-0.2, 0) is 26.2 Å². The maximum absolute atomic E-state index is 3.30. The molecule has 0 bridgehead atoms. The minimum atomic E-state index is 0. The summed E-state index contributed by atoms with van der Waals surface area (Å²) in [5, 5.41) is 0. The average Bonchev–Trinajstić information content (AvgIpc) is 2.93. The second-order valence-electron chi connectivity index (χ2n) is 4.07. The number of allylic oxidation sites excluding steroid dienone is 1. The van der Waals surface area contributed by atoms with Crippen molar-refractivity contribution < 1.29 is 26.2 Å². The van der Waals surface area contributed by atoms with Gasteiger partial charge < -0.3 is 14.9 Å². The standard InChI is InChI=1S/C11H11.C5H5.2CH3.Zr/c1-8-4-3-5-10-9(2)6-7-11(8)10;1-2-4-5-3-1;;;/h3-5,7,9H,1-2H3;1-5H;2*1H3;/q4*-1;+4. The Balaban J connectivity index is 0. The van der Waals surface area contributed by atoms with Crippen molar-refractivity contribution in [3.63, 3.8) is 0 Å². The van der Waals surface area contributed by atoms with E-state index in [0.717, 1.165) is 0 Å². The third-order valence-corrected chi connectivity index (χ3v) is 2.86. The van der Waals surface area contributed by atoms with E-state index in [9.17, 15) is 0 Å². The molecule has 19 heavy (non-hydrogen) atoms. The van der Waals surface area contributed by atoms with Crippen LogP contribution in [0.3, 0.4) is 0 Å². The molecule has 0 fully saturated rings. The topological polar surface area (TPSA) is 0 Å². The van der Waals surface area contributed by atoms with E-state index in [1.807, 2.05) is 30.3 Å².